The van der Waals surface area contributed by atoms with E-state index in [1.165, 1.54) is 4.90 Å². The molecular formula is C23H22Cl2N2O2. The van der Waals surface area contributed by atoms with Gasteiger partial charge < -0.3 is 4.90 Å². The lowest BCUT2D eigenvalue weighted by Gasteiger charge is -2.29. The van der Waals surface area contributed by atoms with Crippen LogP contribution in [-0.2, 0) is 9.59 Å². The van der Waals surface area contributed by atoms with E-state index in [-0.39, 0.29) is 11.8 Å². The first-order valence-corrected chi connectivity index (χ1v) is 10.5. The van der Waals surface area contributed by atoms with E-state index in [2.05, 4.69) is 4.90 Å². The molecule has 0 N–H and O–H groups in total. The van der Waals surface area contributed by atoms with Crippen molar-refractivity contribution in [3.63, 3.8) is 0 Å². The molecule has 0 atom stereocenters. The average Bonchev–Trinajstić information content (AvgIpc) is 2.95. The molecule has 150 valence electrons. The van der Waals surface area contributed by atoms with Crippen LogP contribution in [0.15, 0.2) is 42.1 Å². The van der Waals surface area contributed by atoms with Crippen molar-refractivity contribution in [2.24, 2.45) is 0 Å². The van der Waals surface area contributed by atoms with E-state index in [4.69, 9.17) is 23.2 Å². The molecule has 2 aliphatic heterocycles. The number of hydrogen-bond donors (Lipinski definition) is 0. The van der Waals surface area contributed by atoms with E-state index in [0.29, 0.717) is 27.0 Å². The van der Waals surface area contributed by atoms with Crippen LogP contribution in [-0.4, -0.2) is 29.8 Å². The number of carbonyl (C=O) groups is 2. The molecule has 2 aliphatic rings. The summed E-state index contributed by atoms with van der Waals surface area (Å²) in [7, 11) is 0. The van der Waals surface area contributed by atoms with Crippen LogP contribution >= 0.6 is 23.2 Å². The molecule has 2 aromatic rings. The summed E-state index contributed by atoms with van der Waals surface area (Å²) in [5.74, 6) is -0.692. The molecular weight excluding hydrogens is 407 g/mol. The number of hydrogen-bond acceptors (Lipinski definition) is 3. The van der Waals surface area contributed by atoms with Crippen LogP contribution < -0.4 is 4.90 Å². The summed E-state index contributed by atoms with van der Waals surface area (Å²) >= 11 is 12.5. The Hall–Kier alpha value is -2.30. The van der Waals surface area contributed by atoms with Crippen LogP contribution in [0.5, 0.6) is 0 Å². The number of piperidine rings is 1. The molecule has 0 aliphatic carbocycles. The van der Waals surface area contributed by atoms with E-state index in [1.54, 1.807) is 18.2 Å². The SMILES string of the molecule is Cc1ccc(C2=C(N3CCCCC3)C(=O)N(c3cc(Cl)ccc3Cl)C2=O)c(C)c1. The zero-order valence-corrected chi connectivity index (χ0v) is 18.0. The fourth-order valence-electron chi connectivity index (χ4n) is 4.14. The molecule has 0 saturated carbocycles. The van der Waals surface area contributed by atoms with Gasteiger partial charge in [-0.2, -0.15) is 0 Å². The van der Waals surface area contributed by atoms with Crippen molar-refractivity contribution in [1.82, 2.24) is 4.90 Å². The highest BCUT2D eigenvalue weighted by Crippen LogP contribution is 2.40. The number of anilines is 1. The lowest BCUT2D eigenvalue weighted by atomic mass is 9.97. The van der Waals surface area contributed by atoms with Gasteiger partial charge in [-0.05, 0) is 62.4 Å². The Labute approximate surface area is 180 Å². The number of carbonyl (C=O) groups excluding carboxylic acids is 2. The number of halogens is 2. The minimum atomic E-state index is -0.355. The van der Waals surface area contributed by atoms with Crippen LogP contribution in [0, 0.1) is 13.8 Å². The monoisotopic (exact) mass is 428 g/mol. The number of likely N-dealkylation sites (tertiary alicyclic amines) is 1. The summed E-state index contributed by atoms with van der Waals surface area (Å²) in [5, 5.41) is 0.737. The molecule has 6 heteroatoms. The van der Waals surface area contributed by atoms with Gasteiger partial charge in [-0.3, -0.25) is 9.59 Å². The van der Waals surface area contributed by atoms with Gasteiger partial charge in [0.2, 0.25) is 0 Å². The van der Waals surface area contributed by atoms with Crippen LogP contribution in [0.1, 0.15) is 36.0 Å². The number of imide groups is 1. The summed E-state index contributed by atoms with van der Waals surface area (Å²) in [6.45, 7) is 5.51. The first-order valence-electron chi connectivity index (χ1n) is 9.79. The molecule has 4 nitrogen and oxygen atoms in total. The van der Waals surface area contributed by atoms with Crippen molar-refractivity contribution in [2.45, 2.75) is 33.1 Å². The van der Waals surface area contributed by atoms with Crippen LogP contribution in [0.3, 0.4) is 0 Å². The van der Waals surface area contributed by atoms with Crippen molar-refractivity contribution in [3.8, 4) is 0 Å². The predicted octanol–water partition coefficient (Wildman–Crippen LogP) is 5.38. The van der Waals surface area contributed by atoms with Crippen LogP contribution in [0.2, 0.25) is 10.0 Å². The highest BCUT2D eigenvalue weighted by molar-refractivity contribution is 6.47. The number of amides is 2. The van der Waals surface area contributed by atoms with Crippen molar-refractivity contribution < 1.29 is 9.59 Å². The molecule has 0 bridgehead atoms. The van der Waals surface area contributed by atoms with Gasteiger partial charge in [-0.1, -0.05) is 47.0 Å². The van der Waals surface area contributed by atoms with Gasteiger partial charge >= 0.3 is 0 Å². The third-order valence-electron chi connectivity index (χ3n) is 5.53. The Morgan fingerprint density at radius 1 is 0.862 bits per heavy atom. The van der Waals surface area contributed by atoms with E-state index in [9.17, 15) is 9.59 Å². The topological polar surface area (TPSA) is 40.6 Å². The Balaban J connectivity index is 1.89. The van der Waals surface area contributed by atoms with Crippen molar-refractivity contribution in [2.75, 3.05) is 18.0 Å². The Morgan fingerprint density at radius 2 is 1.59 bits per heavy atom. The molecule has 0 aromatic heterocycles. The fourth-order valence-corrected chi connectivity index (χ4v) is 4.51. The van der Waals surface area contributed by atoms with Gasteiger partial charge in [0.05, 0.1) is 16.3 Å². The van der Waals surface area contributed by atoms with Gasteiger partial charge in [-0.15, -0.1) is 0 Å². The van der Waals surface area contributed by atoms with Crippen molar-refractivity contribution in [1.29, 1.82) is 0 Å². The normalized spacial score (nSPS) is 17.5. The second kappa shape index (κ2) is 7.85. The number of benzene rings is 2. The minimum Gasteiger partial charge on any atom is -0.366 e. The van der Waals surface area contributed by atoms with Gasteiger partial charge in [-0.25, -0.2) is 4.90 Å². The lowest BCUT2D eigenvalue weighted by Crippen LogP contribution is -2.37. The largest absolute Gasteiger partial charge is 0.366 e. The molecule has 1 saturated heterocycles. The van der Waals surface area contributed by atoms with Gasteiger partial charge in [0.1, 0.15) is 5.70 Å². The molecule has 4 rings (SSSR count). The summed E-state index contributed by atoms with van der Waals surface area (Å²) < 4.78 is 0. The van der Waals surface area contributed by atoms with E-state index in [0.717, 1.165) is 49.0 Å². The third kappa shape index (κ3) is 3.56. The Bertz CT molecular complexity index is 1040. The zero-order chi connectivity index (χ0) is 20.7. The number of nitrogens with zero attached hydrogens (tertiary/aromatic N) is 2. The second-order valence-electron chi connectivity index (χ2n) is 7.63. The Morgan fingerprint density at radius 3 is 2.28 bits per heavy atom. The van der Waals surface area contributed by atoms with E-state index in [1.807, 2.05) is 32.0 Å². The predicted molar refractivity (Wildman–Crippen MR) is 117 cm³/mol. The molecule has 2 amide bonds. The van der Waals surface area contributed by atoms with Crippen molar-refractivity contribution >= 4 is 46.3 Å². The molecule has 1 fully saturated rings. The van der Waals surface area contributed by atoms with Crippen molar-refractivity contribution in [3.05, 3.63) is 68.8 Å². The summed E-state index contributed by atoms with van der Waals surface area (Å²) in [6.07, 6.45) is 3.14. The fraction of sp³-hybridized carbons (Fsp3) is 0.304. The summed E-state index contributed by atoms with van der Waals surface area (Å²) in [4.78, 5) is 30.4. The van der Waals surface area contributed by atoms with E-state index >= 15 is 0 Å². The van der Waals surface area contributed by atoms with Gasteiger partial charge in [0, 0.05) is 18.1 Å². The quantitative estimate of drug-likeness (QED) is 0.615. The van der Waals surface area contributed by atoms with Gasteiger partial charge in [0.25, 0.3) is 11.8 Å². The molecule has 2 heterocycles. The maximum Gasteiger partial charge on any atom is 0.282 e. The molecule has 2 aromatic carbocycles. The molecule has 0 spiro atoms. The smallest absolute Gasteiger partial charge is 0.282 e. The zero-order valence-electron chi connectivity index (χ0n) is 16.5. The third-order valence-corrected chi connectivity index (χ3v) is 6.09. The molecule has 0 radical (unpaired) electrons. The first-order chi connectivity index (χ1) is 13.9. The highest BCUT2D eigenvalue weighted by Gasteiger charge is 2.43. The van der Waals surface area contributed by atoms with Crippen LogP contribution in [0.25, 0.3) is 5.57 Å². The average molecular weight is 429 g/mol. The summed E-state index contributed by atoms with van der Waals surface area (Å²) in [6, 6.07) is 10.7. The molecule has 0 unspecified atom stereocenters. The van der Waals surface area contributed by atoms with E-state index < -0.39 is 0 Å². The summed E-state index contributed by atoms with van der Waals surface area (Å²) in [5.41, 5.74) is 4.11. The number of aryl methyl sites for hydroxylation is 2. The lowest BCUT2D eigenvalue weighted by molar-refractivity contribution is -0.120. The second-order valence-corrected chi connectivity index (χ2v) is 8.47. The standard InChI is InChI=1S/C23H22Cl2N2O2/c1-14-6-8-17(15(2)12-14)20-21(26-10-4-3-5-11-26)23(29)27(22(20)28)19-13-16(24)7-9-18(19)25/h6-9,12-13H,3-5,10-11H2,1-2H3. The minimum absolute atomic E-state index is 0.316. The van der Waals surface area contributed by atoms with Crippen LogP contribution in [0.4, 0.5) is 5.69 Å². The Kier molecular flexibility index (Phi) is 5.41. The van der Waals surface area contributed by atoms with Gasteiger partial charge in [0.15, 0.2) is 0 Å². The first kappa shape index (κ1) is 20.0. The molecule has 29 heavy (non-hydrogen) atoms. The number of rotatable bonds is 3. The maximum absolute atomic E-state index is 13.6. The maximum atomic E-state index is 13.6. The highest BCUT2D eigenvalue weighted by atomic mass is 35.5.